The van der Waals surface area contributed by atoms with Gasteiger partial charge in [-0.1, -0.05) is 12.1 Å². The molecular weight excluding hydrogens is 379 g/mol. The van der Waals surface area contributed by atoms with Crippen LogP contribution in [0.15, 0.2) is 59.4 Å². The predicted octanol–water partition coefficient (Wildman–Crippen LogP) is 2.12. The number of halogens is 1. The summed E-state index contributed by atoms with van der Waals surface area (Å²) < 4.78 is 14.1. The highest BCUT2D eigenvalue weighted by atomic mass is 19.1. The van der Waals surface area contributed by atoms with Crippen molar-refractivity contribution in [2.24, 2.45) is 0 Å². The van der Waals surface area contributed by atoms with Crippen molar-refractivity contribution in [3.05, 3.63) is 87.6 Å². The maximum Gasteiger partial charge on any atom is 0.305 e. The van der Waals surface area contributed by atoms with E-state index in [1.807, 2.05) is 6.07 Å². The zero-order valence-electron chi connectivity index (χ0n) is 14.9. The monoisotopic (exact) mass is 394 g/mol. The minimum Gasteiger partial charge on any atom is -0.481 e. The Morgan fingerprint density at radius 3 is 2.59 bits per heavy atom. The summed E-state index contributed by atoms with van der Waals surface area (Å²) in [7, 11) is 0. The fourth-order valence-electron chi connectivity index (χ4n) is 2.78. The van der Waals surface area contributed by atoms with E-state index in [1.54, 1.807) is 18.2 Å². The first-order chi connectivity index (χ1) is 13.9. The van der Waals surface area contributed by atoms with Crippen LogP contribution in [-0.2, 0) is 4.79 Å². The molecular formula is C20H15FN4O4. The molecule has 0 aliphatic carbocycles. The maximum atomic E-state index is 13.1. The van der Waals surface area contributed by atoms with Crippen LogP contribution < -0.4 is 10.9 Å². The number of nitriles is 1. The predicted molar refractivity (Wildman–Crippen MR) is 100.0 cm³/mol. The van der Waals surface area contributed by atoms with Crippen molar-refractivity contribution in [3.63, 3.8) is 0 Å². The van der Waals surface area contributed by atoms with Crippen molar-refractivity contribution in [1.82, 2.24) is 15.1 Å². The van der Waals surface area contributed by atoms with Gasteiger partial charge in [0.15, 0.2) is 0 Å². The van der Waals surface area contributed by atoms with Crippen LogP contribution in [0.4, 0.5) is 4.39 Å². The van der Waals surface area contributed by atoms with Crippen LogP contribution >= 0.6 is 0 Å². The lowest BCUT2D eigenvalue weighted by atomic mass is 10.0. The zero-order chi connectivity index (χ0) is 21.0. The molecule has 0 aliphatic heterocycles. The number of amides is 1. The van der Waals surface area contributed by atoms with Crippen LogP contribution in [0.1, 0.15) is 34.1 Å². The number of H-pyrrole nitrogens is 1. The first-order valence-corrected chi connectivity index (χ1v) is 8.48. The molecule has 1 amide bonds. The van der Waals surface area contributed by atoms with Crippen LogP contribution in [0, 0.1) is 17.1 Å². The van der Waals surface area contributed by atoms with Gasteiger partial charge in [-0.05, 0) is 42.0 Å². The van der Waals surface area contributed by atoms with Gasteiger partial charge in [0.05, 0.1) is 29.8 Å². The molecule has 0 saturated heterocycles. The largest absolute Gasteiger partial charge is 0.481 e. The smallest absolute Gasteiger partial charge is 0.305 e. The summed E-state index contributed by atoms with van der Waals surface area (Å²) in [6, 6.07) is 13.4. The van der Waals surface area contributed by atoms with Gasteiger partial charge < -0.3 is 10.4 Å². The van der Waals surface area contributed by atoms with Crippen molar-refractivity contribution in [2.45, 2.75) is 12.5 Å². The summed E-state index contributed by atoms with van der Waals surface area (Å²) in [5.74, 6) is -2.31. The highest BCUT2D eigenvalue weighted by Gasteiger charge is 2.21. The SMILES string of the molecule is N#Cc1cccc([C@H](CC(=O)O)NC(=O)c2cc(=O)n(-c3ccc(F)cc3)[nH]2)c1. The van der Waals surface area contributed by atoms with E-state index >= 15 is 0 Å². The summed E-state index contributed by atoms with van der Waals surface area (Å²) in [6.45, 7) is 0. The molecule has 9 heteroatoms. The number of aromatic amines is 1. The van der Waals surface area contributed by atoms with Crippen molar-refractivity contribution in [3.8, 4) is 11.8 Å². The molecule has 0 unspecified atom stereocenters. The number of hydrogen-bond donors (Lipinski definition) is 3. The second kappa shape index (κ2) is 8.22. The standard InChI is InChI=1S/C20H15FN4O4/c21-14-4-6-15(7-5-14)25-18(26)9-17(24-25)20(29)23-16(10-19(27)28)13-3-1-2-12(8-13)11-22/h1-9,16,24H,10H2,(H,23,29)(H,27,28)/t16-/m0/s1. The van der Waals surface area contributed by atoms with E-state index in [2.05, 4.69) is 10.4 Å². The van der Waals surface area contributed by atoms with Crippen molar-refractivity contribution in [2.75, 3.05) is 0 Å². The first kappa shape index (κ1) is 19.6. The number of benzene rings is 2. The molecule has 1 heterocycles. The van der Waals surface area contributed by atoms with E-state index in [0.29, 0.717) is 16.8 Å². The van der Waals surface area contributed by atoms with Crippen molar-refractivity contribution < 1.29 is 19.1 Å². The van der Waals surface area contributed by atoms with Crippen LogP contribution in [-0.4, -0.2) is 26.8 Å². The second-order valence-corrected chi connectivity index (χ2v) is 6.18. The number of hydrogen-bond acceptors (Lipinski definition) is 4. The second-order valence-electron chi connectivity index (χ2n) is 6.18. The Kier molecular flexibility index (Phi) is 5.55. The molecule has 0 radical (unpaired) electrons. The van der Waals surface area contributed by atoms with Gasteiger partial charge in [-0.3, -0.25) is 19.5 Å². The van der Waals surface area contributed by atoms with E-state index in [-0.39, 0.29) is 5.69 Å². The van der Waals surface area contributed by atoms with E-state index in [4.69, 9.17) is 10.4 Å². The van der Waals surface area contributed by atoms with E-state index in [9.17, 15) is 18.8 Å². The Morgan fingerprint density at radius 1 is 1.21 bits per heavy atom. The summed E-state index contributed by atoms with van der Waals surface area (Å²) in [6.07, 6.45) is -0.413. The molecule has 1 atom stereocenters. The maximum absolute atomic E-state index is 13.1. The average Bonchev–Trinajstić information content (AvgIpc) is 3.09. The highest BCUT2D eigenvalue weighted by molar-refractivity contribution is 5.92. The fourth-order valence-corrected chi connectivity index (χ4v) is 2.78. The third-order valence-electron chi connectivity index (χ3n) is 4.15. The van der Waals surface area contributed by atoms with E-state index in [1.165, 1.54) is 30.3 Å². The first-order valence-electron chi connectivity index (χ1n) is 8.48. The Labute approximate surface area is 163 Å². The Hall–Kier alpha value is -4.19. The molecule has 146 valence electrons. The summed E-state index contributed by atoms with van der Waals surface area (Å²) in [5.41, 5.74) is 0.469. The number of carboxylic acid groups (broad SMARTS) is 1. The number of carboxylic acids is 1. The van der Waals surface area contributed by atoms with E-state index < -0.39 is 35.7 Å². The number of carbonyl (C=O) groups is 2. The molecule has 0 saturated carbocycles. The lowest BCUT2D eigenvalue weighted by Crippen LogP contribution is -2.30. The zero-order valence-corrected chi connectivity index (χ0v) is 14.9. The fraction of sp³-hybridized carbons (Fsp3) is 0.100. The Balaban J connectivity index is 1.87. The molecule has 0 bridgehead atoms. The van der Waals surface area contributed by atoms with E-state index in [0.717, 1.165) is 10.7 Å². The molecule has 3 aromatic rings. The number of rotatable bonds is 6. The molecule has 3 N–H and O–H groups in total. The normalized spacial score (nSPS) is 11.4. The molecule has 0 spiro atoms. The van der Waals surface area contributed by atoms with Crippen LogP contribution in [0.2, 0.25) is 0 Å². The summed E-state index contributed by atoms with van der Waals surface area (Å²) >= 11 is 0. The summed E-state index contributed by atoms with van der Waals surface area (Å²) in [4.78, 5) is 36.0. The van der Waals surface area contributed by atoms with Crippen molar-refractivity contribution in [1.29, 1.82) is 5.26 Å². The number of nitrogens with one attached hydrogen (secondary N) is 2. The minimum absolute atomic E-state index is 0.0915. The van der Waals surface area contributed by atoms with Gasteiger partial charge in [-0.15, -0.1) is 0 Å². The van der Waals surface area contributed by atoms with Gasteiger partial charge in [0.2, 0.25) is 0 Å². The molecule has 3 rings (SSSR count). The van der Waals surface area contributed by atoms with Crippen LogP contribution in [0.3, 0.4) is 0 Å². The number of carbonyl (C=O) groups excluding carboxylic acids is 1. The molecule has 29 heavy (non-hydrogen) atoms. The summed E-state index contributed by atoms with van der Waals surface area (Å²) in [5, 5.41) is 23.4. The lowest BCUT2D eigenvalue weighted by molar-refractivity contribution is -0.137. The molecule has 0 aliphatic rings. The minimum atomic E-state index is -1.14. The highest BCUT2D eigenvalue weighted by Crippen LogP contribution is 2.19. The average molecular weight is 394 g/mol. The number of aromatic nitrogens is 2. The van der Waals surface area contributed by atoms with Gasteiger partial charge in [0, 0.05) is 6.07 Å². The van der Waals surface area contributed by atoms with Crippen LogP contribution in [0.25, 0.3) is 5.69 Å². The van der Waals surface area contributed by atoms with Gasteiger partial charge in [-0.25, -0.2) is 9.07 Å². The Bertz CT molecular complexity index is 1160. The molecule has 0 fully saturated rings. The van der Waals surface area contributed by atoms with Crippen molar-refractivity contribution >= 4 is 11.9 Å². The topological polar surface area (TPSA) is 128 Å². The van der Waals surface area contributed by atoms with Gasteiger partial charge >= 0.3 is 5.97 Å². The number of nitrogens with zero attached hydrogens (tertiary/aromatic N) is 2. The third-order valence-corrected chi connectivity index (χ3v) is 4.15. The van der Waals surface area contributed by atoms with Gasteiger partial charge in [0.25, 0.3) is 11.5 Å². The van der Waals surface area contributed by atoms with Gasteiger partial charge in [-0.2, -0.15) is 5.26 Å². The molecule has 8 nitrogen and oxygen atoms in total. The lowest BCUT2D eigenvalue weighted by Gasteiger charge is -2.17. The quantitative estimate of drug-likeness (QED) is 0.590. The third kappa shape index (κ3) is 4.56. The number of aliphatic carboxylic acids is 1. The molecule has 1 aromatic heterocycles. The van der Waals surface area contributed by atoms with Crippen LogP contribution in [0.5, 0.6) is 0 Å². The van der Waals surface area contributed by atoms with Gasteiger partial charge in [0.1, 0.15) is 11.5 Å². The molecule has 2 aromatic carbocycles. The Morgan fingerprint density at radius 2 is 1.93 bits per heavy atom.